The lowest BCUT2D eigenvalue weighted by atomic mass is 10.2. The lowest BCUT2D eigenvalue weighted by molar-refractivity contribution is 0.0945. The highest BCUT2D eigenvalue weighted by molar-refractivity contribution is 6.30. The fraction of sp³-hybridized carbons (Fsp3) is 0.111. The first kappa shape index (κ1) is 16.9. The highest BCUT2D eigenvalue weighted by Gasteiger charge is 2.10. The molecule has 0 fully saturated rings. The van der Waals surface area contributed by atoms with Gasteiger partial charge in [-0.3, -0.25) is 9.78 Å². The third-order valence-electron chi connectivity index (χ3n) is 3.37. The smallest absolute Gasteiger partial charge is 0.270 e. The zero-order chi connectivity index (χ0) is 17.6. The van der Waals surface area contributed by atoms with Crippen LogP contribution in [0.25, 0.3) is 0 Å². The van der Waals surface area contributed by atoms with Crippen molar-refractivity contribution in [1.82, 2.24) is 20.3 Å². The van der Waals surface area contributed by atoms with Gasteiger partial charge in [0.05, 0.1) is 0 Å². The Labute approximate surface area is 150 Å². The van der Waals surface area contributed by atoms with E-state index in [1.807, 2.05) is 24.3 Å². The van der Waals surface area contributed by atoms with Crippen molar-refractivity contribution < 1.29 is 4.79 Å². The van der Waals surface area contributed by atoms with Gasteiger partial charge in [0.2, 0.25) is 0 Å². The molecule has 6 nitrogen and oxygen atoms in total. The fourth-order valence-electron chi connectivity index (χ4n) is 2.24. The predicted molar refractivity (Wildman–Crippen MR) is 96.9 cm³/mol. The van der Waals surface area contributed by atoms with Crippen molar-refractivity contribution >= 4 is 29.0 Å². The molecule has 0 saturated carbocycles. The van der Waals surface area contributed by atoms with Gasteiger partial charge in [0.1, 0.15) is 17.3 Å². The molecule has 126 valence electrons. The average molecular weight is 354 g/mol. The minimum Gasteiger partial charge on any atom is -0.347 e. The van der Waals surface area contributed by atoms with Gasteiger partial charge in [-0.05, 0) is 42.8 Å². The highest BCUT2D eigenvalue weighted by Crippen LogP contribution is 2.19. The van der Waals surface area contributed by atoms with Gasteiger partial charge in [0.25, 0.3) is 5.91 Å². The van der Waals surface area contributed by atoms with Crippen molar-refractivity contribution in [2.75, 3.05) is 5.32 Å². The van der Waals surface area contributed by atoms with Crippen LogP contribution in [0.1, 0.15) is 21.9 Å². The molecule has 0 aliphatic rings. The highest BCUT2D eigenvalue weighted by atomic mass is 35.5. The molecule has 3 rings (SSSR count). The van der Waals surface area contributed by atoms with Gasteiger partial charge >= 0.3 is 0 Å². The number of carbonyl (C=O) groups is 1. The van der Waals surface area contributed by atoms with Crippen molar-refractivity contribution in [3.63, 3.8) is 0 Å². The SMILES string of the molecule is Cc1nc(Nc2cccc(Cl)c2)cc(C(=O)NCc2ccncc2)n1. The molecule has 2 heterocycles. The number of carbonyl (C=O) groups excluding carboxylic acids is 1. The van der Waals surface area contributed by atoms with Crippen LogP contribution in [0, 0.1) is 6.92 Å². The second kappa shape index (κ2) is 7.72. The Morgan fingerprint density at radius 2 is 1.92 bits per heavy atom. The van der Waals surface area contributed by atoms with E-state index in [2.05, 4.69) is 25.6 Å². The van der Waals surface area contributed by atoms with E-state index >= 15 is 0 Å². The summed E-state index contributed by atoms with van der Waals surface area (Å²) in [5.74, 6) is 0.765. The molecule has 2 N–H and O–H groups in total. The standard InChI is InChI=1S/C18H16ClN5O/c1-12-22-16(18(25)21-11-13-5-7-20-8-6-13)10-17(23-12)24-15-4-2-3-14(19)9-15/h2-10H,11H2,1H3,(H,21,25)(H,22,23,24). The summed E-state index contributed by atoms with van der Waals surface area (Å²) in [4.78, 5) is 24.8. The molecule has 0 bridgehead atoms. The third-order valence-corrected chi connectivity index (χ3v) is 3.61. The van der Waals surface area contributed by atoms with E-state index in [9.17, 15) is 4.79 Å². The second-order valence-electron chi connectivity index (χ2n) is 5.36. The summed E-state index contributed by atoms with van der Waals surface area (Å²) in [7, 11) is 0. The first-order chi connectivity index (χ1) is 12.1. The topological polar surface area (TPSA) is 79.8 Å². The van der Waals surface area contributed by atoms with Crippen LogP contribution in [0.3, 0.4) is 0 Å². The first-order valence-corrected chi connectivity index (χ1v) is 8.03. The number of hydrogen-bond acceptors (Lipinski definition) is 5. The monoisotopic (exact) mass is 353 g/mol. The molecule has 0 aliphatic carbocycles. The number of aryl methyl sites for hydroxylation is 1. The number of hydrogen-bond donors (Lipinski definition) is 2. The molecule has 1 amide bonds. The first-order valence-electron chi connectivity index (χ1n) is 7.65. The van der Waals surface area contributed by atoms with Crippen LogP contribution < -0.4 is 10.6 Å². The molecule has 1 aromatic carbocycles. The number of nitrogens with zero attached hydrogens (tertiary/aromatic N) is 3. The van der Waals surface area contributed by atoms with Crippen molar-refractivity contribution in [3.05, 3.63) is 77.0 Å². The number of anilines is 2. The minimum absolute atomic E-state index is 0.267. The molecular formula is C18H16ClN5O. The summed E-state index contributed by atoms with van der Waals surface area (Å²) >= 11 is 5.98. The number of nitrogens with one attached hydrogen (secondary N) is 2. The molecule has 0 atom stereocenters. The van der Waals surface area contributed by atoms with Gasteiger partial charge in [-0.1, -0.05) is 17.7 Å². The Morgan fingerprint density at radius 3 is 2.68 bits per heavy atom. The van der Waals surface area contributed by atoms with E-state index in [0.717, 1.165) is 11.3 Å². The van der Waals surface area contributed by atoms with E-state index in [1.54, 1.807) is 37.5 Å². The van der Waals surface area contributed by atoms with Gasteiger partial charge in [-0.15, -0.1) is 0 Å². The summed E-state index contributed by atoms with van der Waals surface area (Å²) in [5.41, 5.74) is 2.05. The quantitative estimate of drug-likeness (QED) is 0.733. The zero-order valence-corrected chi connectivity index (χ0v) is 14.3. The van der Waals surface area contributed by atoms with Crippen LogP contribution >= 0.6 is 11.6 Å². The van der Waals surface area contributed by atoms with Crippen molar-refractivity contribution in [3.8, 4) is 0 Å². The molecule has 0 spiro atoms. The normalized spacial score (nSPS) is 10.3. The fourth-order valence-corrected chi connectivity index (χ4v) is 2.43. The summed E-state index contributed by atoms with van der Waals surface area (Å²) in [6, 6.07) is 12.6. The molecule has 0 aliphatic heterocycles. The van der Waals surface area contributed by atoms with Gasteiger partial charge in [0.15, 0.2) is 0 Å². The second-order valence-corrected chi connectivity index (χ2v) is 5.80. The van der Waals surface area contributed by atoms with Crippen LogP contribution in [0.2, 0.25) is 5.02 Å². The Balaban J connectivity index is 1.73. The number of amides is 1. The van der Waals surface area contributed by atoms with E-state index in [-0.39, 0.29) is 5.91 Å². The molecule has 7 heteroatoms. The molecule has 2 aromatic heterocycles. The maximum absolute atomic E-state index is 12.4. The van der Waals surface area contributed by atoms with Gasteiger partial charge in [-0.25, -0.2) is 9.97 Å². The van der Waals surface area contributed by atoms with Gasteiger partial charge < -0.3 is 10.6 Å². The third kappa shape index (κ3) is 4.74. The van der Waals surface area contributed by atoms with Crippen molar-refractivity contribution in [2.45, 2.75) is 13.5 Å². The molecular weight excluding hydrogens is 338 g/mol. The number of benzene rings is 1. The van der Waals surface area contributed by atoms with Gasteiger partial charge in [-0.2, -0.15) is 0 Å². The van der Waals surface area contributed by atoms with Crippen molar-refractivity contribution in [2.24, 2.45) is 0 Å². The lowest BCUT2D eigenvalue weighted by Gasteiger charge is -2.09. The Morgan fingerprint density at radius 1 is 1.12 bits per heavy atom. The number of aromatic nitrogens is 3. The average Bonchev–Trinajstić information content (AvgIpc) is 2.60. The zero-order valence-electron chi connectivity index (χ0n) is 13.5. The van der Waals surface area contributed by atoms with E-state index in [1.165, 1.54) is 0 Å². The van der Waals surface area contributed by atoms with Crippen LogP contribution in [-0.4, -0.2) is 20.9 Å². The van der Waals surface area contributed by atoms with Crippen molar-refractivity contribution in [1.29, 1.82) is 0 Å². The van der Waals surface area contributed by atoms with E-state index in [4.69, 9.17) is 11.6 Å². The molecule has 0 unspecified atom stereocenters. The number of pyridine rings is 1. The van der Waals surface area contributed by atoms with E-state index in [0.29, 0.717) is 28.9 Å². The molecule has 3 aromatic rings. The predicted octanol–water partition coefficient (Wildman–Crippen LogP) is 3.51. The van der Waals surface area contributed by atoms with Crippen LogP contribution in [0.15, 0.2) is 54.9 Å². The Hall–Kier alpha value is -2.99. The maximum Gasteiger partial charge on any atom is 0.270 e. The molecule has 0 saturated heterocycles. The Bertz CT molecular complexity index is 886. The molecule has 25 heavy (non-hydrogen) atoms. The largest absolute Gasteiger partial charge is 0.347 e. The summed E-state index contributed by atoms with van der Waals surface area (Å²) in [6.07, 6.45) is 3.37. The number of halogens is 1. The van der Waals surface area contributed by atoms with Gasteiger partial charge in [0, 0.05) is 35.7 Å². The van der Waals surface area contributed by atoms with E-state index < -0.39 is 0 Å². The summed E-state index contributed by atoms with van der Waals surface area (Å²) < 4.78 is 0. The van der Waals surface area contributed by atoms with Crippen LogP contribution in [0.4, 0.5) is 11.5 Å². The Kier molecular flexibility index (Phi) is 5.20. The van der Waals surface area contributed by atoms with Crippen LogP contribution in [-0.2, 0) is 6.54 Å². The maximum atomic E-state index is 12.4. The molecule has 0 radical (unpaired) electrons. The number of rotatable bonds is 5. The summed E-state index contributed by atoms with van der Waals surface area (Å²) in [5, 5.41) is 6.58. The lowest BCUT2D eigenvalue weighted by Crippen LogP contribution is -2.24. The summed E-state index contributed by atoms with van der Waals surface area (Å²) in [6.45, 7) is 2.14. The van der Waals surface area contributed by atoms with Crippen LogP contribution in [0.5, 0.6) is 0 Å². The minimum atomic E-state index is -0.267.